The second-order valence-corrected chi connectivity index (χ2v) is 5.57. The number of nitrogens with zero attached hydrogens (tertiary/aromatic N) is 2. The first-order valence-corrected chi connectivity index (χ1v) is 6.77. The maximum absolute atomic E-state index is 13.8. The largest absolute Gasteiger partial charge is 0.481 e. The topological polar surface area (TPSA) is 64.3 Å². The van der Waals surface area contributed by atoms with Gasteiger partial charge in [-0.25, -0.2) is 4.39 Å². The molecule has 2 bridgehead atoms. The average molecular weight is 274 g/mol. The Hall–Kier alpha value is -1.93. The van der Waals surface area contributed by atoms with Crippen LogP contribution in [0.3, 0.4) is 0 Å². The Balaban J connectivity index is 1.83. The first-order valence-electron chi connectivity index (χ1n) is 6.77. The molecule has 3 rings (SSSR count). The summed E-state index contributed by atoms with van der Waals surface area (Å²) < 4.78 is 13.8. The SMILES string of the molecule is N#Cc1ccc(F)c(CN2C3CCC2C(C(=O)O)C3)c1. The fourth-order valence-corrected chi connectivity index (χ4v) is 3.58. The van der Waals surface area contributed by atoms with Crippen LogP contribution in [0.25, 0.3) is 0 Å². The Morgan fingerprint density at radius 3 is 2.95 bits per heavy atom. The second kappa shape index (κ2) is 4.88. The van der Waals surface area contributed by atoms with E-state index in [9.17, 15) is 14.3 Å². The lowest BCUT2D eigenvalue weighted by atomic mass is 9.89. The van der Waals surface area contributed by atoms with Crippen LogP contribution in [0, 0.1) is 23.1 Å². The summed E-state index contributed by atoms with van der Waals surface area (Å²) >= 11 is 0. The Kier molecular flexibility index (Phi) is 3.19. The third kappa shape index (κ3) is 2.06. The minimum Gasteiger partial charge on any atom is -0.481 e. The van der Waals surface area contributed by atoms with Gasteiger partial charge in [0.15, 0.2) is 0 Å². The van der Waals surface area contributed by atoms with Crippen molar-refractivity contribution in [2.24, 2.45) is 5.92 Å². The quantitative estimate of drug-likeness (QED) is 0.917. The van der Waals surface area contributed by atoms with Gasteiger partial charge in [-0.15, -0.1) is 0 Å². The predicted octanol–water partition coefficient (Wildman–Crippen LogP) is 2.13. The van der Waals surface area contributed by atoms with Crippen molar-refractivity contribution in [1.29, 1.82) is 5.26 Å². The highest BCUT2D eigenvalue weighted by Crippen LogP contribution is 2.42. The molecule has 0 aromatic heterocycles. The van der Waals surface area contributed by atoms with Crippen LogP contribution in [0.2, 0.25) is 0 Å². The van der Waals surface area contributed by atoms with Gasteiger partial charge in [-0.3, -0.25) is 9.69 Å². The number of benzene rings is 1. The van der Waals surface area contributed by atoms with Gasteiger partial charge in [0.1, 0.15) is 5.82 Å². The first-order chi connectivity index (χ1) is 9.60. The van der Waals surface area contributed by atoms with E-state index >= 15 is 0 Å². The number of halogens is 1. The molecule has 2 aliphatic heterocycles. The van der Waals surface area contributed by atoms with Gasteiger partial charge in [0.25, 0.3) is 0 Å². The molecule has 0 aliphatic carbocycles. The van der Waals surface area contributed by atoms with Crippen molar-refractivity contribution in [2.75, 3.05) is 0 Å². The van der Waals surface area contributed by atoms with Crippen LogP contribution >= 0.6 is 0 Å². The molecule has 5 heteroatoms. The van der Waals surface area contributed by atoms with E-state index in [0.717, 1.165) is 12.8 Å². The fraction of sp³-hybridized carbons (Fsp3) is 0.467. The Morgan fingerprint density at radius 1 is 1.50 bits per heavy atom. The molecule has 1 N–H and O–H groups in total. The molecule has 4 nitrogen and oxygen atoms in total. The highest BCUT2D eigenvalue weighted by molar-refractivity contribution is 5.71. The third-order valence-corrected chi connectivity index (χ3v) is 4.53. The molecule has 0 saturated carbocycles. The normalized spacial score (nSPS) is 28.5. The highest BCUT2D eigenvalue weighted by Gasteiger charge is 2.49. The van der Waals surface area contributed by atoms with Gasteiger partial charge in [0.2, 0.25) is 0 Å². The molecule has 3 atom stereocenters. The van der Waals surface area contributed by atoms with E-state index < -0.39 is 5.97 Å². The van der Waals surface area contributed by atoms with Crippen LogP contribution in [0.1, 0.15) is 30.4 Å². The number of carbonyl (C=O) groups is 1. The number of rotatable bonds is 3. The molecule has 2 aliphatic rings. The Labute approximate surface area is 116 Å². The molecule has 1 aromatic rings. The number of fused-ring (bicyclic) bond motifs is 2. The summed E-state index contributed by atoms with van der Waals surface area (Å²) in [6.45, 7) is 0.389. The molecule has 0 spiro atoms. The number of aliphatic carboxylic acids is 1. The first kappa shape index (κ1) is 13.1. The number of hydrogen-bond donors (Lipinski definition) is 1. The third-order valence-electron chi connectivity index (χ3n) is 4.53. The lowest BCUT2D eigenvalue weighted by Crippen LogP contribution is -2.32. The molecular weight excluding hydrogens is 259 g/mol. The van der Waals surface area contributed by atoms with Gasteiger partial charge in [-0.05, 0) is 37.5 Å². The fourth-order valence-electron chi connectivity index (χ4n) is 3.58. The highest BCUT2D eigenvalue weighted by atomic mass is 19.1. The number of carboxylic acid groups (broad SMARTS) is 1. The van der Waals surface area contributed by atoms with Gasteiger partial charge in [-0.1, -0.05) is 0 Å². The Bertz CT molecular complexity index is 596. The molecule has 0 amide bonds. The van der Waals surface area contributed by atoms with E-state index in [1.54, 1.807) is 6.07 Å². The zero-order chi connectivity index (χ0) is 14.3. The van der Waals surface area contributed by atoms with E-state index in [2.05, 4.69) is 4.90 Å². The minimum atomic E-state index is -0.756. The van der Waals surface area contributed by atoms with Gasteiger partial charge in [0.05, 0.1) is 17.6 Å². The summed E-state index contributed by atoms with van der Waals surface area (Å²) in [4.78, 5) is 13.3. The summed E-state index contributed by atoms with van der Waals surface area (Å²) in [6.07, 6.45) is 2.49. The summed E-state index contributed by atoms with van der Waals surface area (Å²) in [7, 11) is 0. The molecule has 104 valence electrons. The molecule has 0 radical (unpaired) electrons. The van der Waals surface area contributed by atoms with Crippen molar-refractivity contribution >= 4 is 5.97 Å². The van der Waals surface area contributed by atoms with Crippen LogP contribution < -0.4 is 0 Å². The summed E-state index contributed by atoms with van der Waals surface area (Å²) in [6, 6.07) is 6.56. The van der Waals surface area contributed by atoms with Gasteiger partial charge in [-0.2, -0.15) is 5.26 Å². The summed E-state index contributed by atoms with van der Waals surface area (Å²) in [5.74, 6) is -1.42. The monoisotopic (exact) mass is 274 g/mol. The number of carboxylic acids is 1. The van der Waals surface area contributed by atoms with Crippen LogP contribution in [0.5, 0.6) is 0 Å². The zero-order valence-electron chi connectivity index (χ0n) is 10.9. The van der Waals surface area contributed by atoms with E-state index in [1.807, 2.05) is 6.07 Å². The average Bonchev–Trinajstić information content (AvgIpc) is 2.98. The maximum Gasteiger partial charge on any atom is 0.308 e. The second-order valence-electron chi connectivity index (χ2n) is 5.57. The maximum atomic E-state index is 13.8. The molecule has 20 heavy (non-hydrogen) atoms. The van der Waals surface area contributed by atoms with Gasteiger partial charge >= 0.3 is 5.97 Å². The Morgan fingerprint density at radius 2 is 2.30 bits per heavy atom. The van der Waals surface area contributed by atoms with E-state index in [1.165, 1.54) is 12.1 Å². The summed E-state index contributed by atoms with van der Waals surface area (Å²) in [5.41, 5.74) is 0.912. The van der Waals surface area contributed by atoms with Crippen molar-refractivity contribution in [2.45, 2.75) is 37.9 Å². The van der Waals surface area contributed by atoms with Crippen molar-refractivity contribution < 1.29 is 14.3 Å². The van der Waals surface area contributed by atoms with Crippen molar-refractivity contribution in [1.82, 2.24) is 4.90 Å². The lowest BCUT2D eigenvalue weighted by Gasteiger charge is -2.23. The number of nitriles is 1. The molecule has 2 saturated heterocycles. The smallest absolute Gasteiger partial charge is 0.308 e. The van der Waals surface area contributed by atoms with Crippen LogP contribution in [0.4, 0.5) is 4.39 Å². The van der Waals surface area contributed by atoms with E-state index in [-0.39, 0.29) is 23.8 Å². The molecule has 1 aromatic carbocycles. The summed E-state index contributed by atoms with van der Waals surface area (Å²) in [5, 5.41) is 18.1. The molecule has 3 unspecified atom stereocenters. The van der Waals surface area contributed by atoms with Crippen molar-refractivity contribution in [3.63, 3.8) is 0 Å². The van der Waals surface area contributed by atoms with Crippen LogP contribution in [-0.2, 0) is 11.3 Å². The van der Waals surface area contributed by atoms with E-state index in [0.29, 0.717) is 24.1 Å². The zero-order valence-corrected chi connectivity index (χ0v) is 10.9. The predicted molar refractivity (Wildman–Crippen MR) is 69.2 cm³/mol. The number of hydrogen-bond acceptors (Lipinski definition) is 3. The molecular formula is C15H15FN2O2. The van der Waals surface area contributed by atoms with Crippen molar-refractivity contribution in [3.8, 4) is 6.07 Å². The van der Waals surface area contributed by atoms with Crippen LogP contribution in [0.15, 0.2) is 18.2 Å². The molecule has 2 heterocycles. The van der Waals surface area contributed by atoms with E-state index in [4.69, 9.17) is 5.26 Å². The minimum absolute atomic E-state index is 0.00245. The lowest BCUT2D eigenvalue weighted by molar-refractivity contribution is -0.142. The van der Waals surface area contributed by atoms with Gasteiger partial charge < -0.3 is 5.11 Å². The van der Waals surface area contributed by atoms with Gasteiger partial charge in [0, 0.05) is 24.2 Å². The van der Waals surface area contributed by atoms with Crippen molar-refractivity contribution in [3.05, 3.63) is 35.1 Å². The van der Waals surface area contributed by atoms with Crippen LogP contribution in [-0.4, -0.2) is 28.1 Å². The molecule has 2 fully saturated rings. The standard InChI is InChI=1S/C15H15FN2O2/c16-13-3-1-9(7-17)5-10(13)8-18-11-2-4-14(18)12(6-11)15(19)20/h1,3,5,11-12,14H,2,4,6,8H2,(H,19,20).